The standard InChI is InChI=1S/C13H13BrN4O5S/c1-22-10-7-11(23-2)16-12(15-10)17-13(19)18-24(20,21)9-6-4-3-5-8(9)14/h3-7H,1-2H3,(H2,15,16,17,18,19). The van der Waals surface area contributed by atoms with E-state index in [0.29, 0.717) is 4.47 Å². The molecular formula is C13H13BrN4O5S. The molecule has 0 spiro atoms. The van der Waals surface area contributed by atoms with Gasteiger partial charge >= 0.3 is 6.03 Å². The quantitative estimate of drug-likeness (QED) is 0.761. The molecule has 0 saturated heterocycles. The summed E-state index contributed by atoms with van der Waals surface area (Å²) in [5.41, 5.74) is 0. The number of urea groups is 1. The van der Waals surface area contributed by atoms with Crippen LogP contribution in [0, 0.1) is 0 Å². The lowest BCUT2D eigenvalue weighted by molar-refractivity contribution is 0.256. The Balaban J connectivity index is 2.18. The number of carbonyl (C=O) groups is 1. The van der Waals surface area contributed by atoms with Crippen LogP contribution in [-0.4, -0.2) is 38.6 Å². The average Bonchev–Trinajstić information content (AvgIpc) is 2.53. The zero-order valence-corrected chi connectivity index (χ0v) is 15.0. The summed E-state index contributed by atoms with van der Waals surface area (Å²) in [6.45, 7) is 0. The van der Waals surface area contributed by atoms with Crippen LogP contribution in [0.2, 0.25) is 0 Å². The van der Waals surface area contributed by atoms with Crippen molar-refractivity contribution >= 4 is 37.9 Å². The van der Waals surface area contributed by atoms with Crippen LogP contribution < -0.4 is 19.5 Å². The summed E-state index contributed by atoms with van der Waals surface area (Å²) in [6.07, 6.45) is 0. The molecule has 2 aromatic rings. The molecule has 2 rings (SSSR count). The van der Waals surface area contributed by atoms with Gasteiger partial charge < -0.3 is 9.47 Å². The summed E-state index contributed by atoms with van der Waals surface area (Å²) < 4.78 is 36.5. The van der Waals surface area contributed by atoms with Gasteiger partial charge in [-0.1, -0.05) is 12.1 Å². The highest BCUT2D eigenvalue weighted by Gasteiger charge is 2.21. The summed E-state index contributed by atoms with van der Waals surface area (Å²) in [4.78, 5) is 19.6. The van der Waals surface area contributed by atoms with Crippen LogP contribution >= 0.6 is 15.9 Å². The number of sulfonamides is 1. The van der Waals surface area contributed by atoms with Crippen molar-refractivity contribution < 1.29 is 22.7 Å². The number of ether oxygens (including phenoxy) is 2. The molecule has 0 aliphatic carbocycles. The summed E-state index contributed by atoms with van der Waals surface area (Å²) >= 11 is 3.12. The minimum absolute atomic E-state index is 0.0794. The van der Waals surface area contributed by atoms with Gasteiger partial charge in [-0.15, -0.1) is 0 Å². The molecule has 2 amide bonds. The zero-order chi connectivity index (χ0) is 17.7. The Morgan fingerprint density at radius 3 is 2.25 bits per heavy atom. The molecule has 1 aromatic carbocycles. The SMILES string of the molecule is COc1cc(OC)nc(NC(=O)NS(=O)(=O)c2ccccc2Br)n1. The Hall–Kier alpha value is -2.40. The van der Waals surface area contributed by atoms with E-state index in [2.05, 4.69) is 31.2 Å². The third-order valence-electron chi connectivity index (χ3n) is 2.68. The van der Waals surface area contributed by atoms with E-state index in [-0.39, 0.29) is 22.6 Å². The van der Waals surface area contributed by atoms with Crippen molar-refractivity contribution in [1.82, 2.24) is 14.7 Å². The van der Waals surface area contributed by atoms with Crippen molar-refractivity contribution in [3.8, 4) is 11.8 Å². The molecule has 24 heavy (non-hydrogen) atoms. The van der Waals surface area contributed by atoms with E-state index in [0.717, 1.165) is 0 Å². The number of methoxy groups -OCH3 is 2. The van der Waals surface area contributed by atoms with Crippen LogP contribution in [0.1, 0.15) is 0 Å². The maximum Gasteiger partial charge on any atom is 0.335 e. The van der Waals surface area contributed by atoms with Crippen molar-refractivity contribution in [1.29, 1.82) is 0 Å². The molecular weight excluding hydrogens is 404 g/mol. The molecule has 0 fully saturated rings. The molecule has 128 valence electrons. The Morgan fingerprint density at radius 2 is 1.71 bits per heavy atom. The summed E-state index contributed by atoms with van der Waals surface area (Å²) in [5, 5.41) is 2.21. The van der Waals surface area contributed by atoms with Gasteiger partial charge in [0.15, 0.2) is 0 Å². The first-order chi connectivity index (χ1) is 11.4. The molecule has 1 aromatic heterocycles. The molecule has 11 heteroatoms. The first-order valence-corrected chi connectivity index (χ1v) is 8.68. The maximum absolute atomic E-state index is 12.2. The minimum atomic E-state index is -4.07. The minimum Gasteiger partial charge on any atom is -0.481 e. The number of halogens is 1. The third kappa shape index (κ3) is 4.32. The van der Waals surface area contributed by atoms with Gasteiger partial charge in [0.05, 0.1) is 20.3 Å². The normalized spacial score (nSPS) is 10.8. The first kappa shape index (κ1) is 17.9. The van der Waals surface area contributed by atoms with Crippen LogP contribution in [-0.2, 0) is 10.0 Å². The third-order valence-corrected chi connectivity index (χ3v) is 5.02. The number of hydrogen-bond acceptors (Lipinski definition) is 7. The lowest BCUT2D eigenvalue weighted by atomic mass is 10.4. The second-order valence-electron chi connectivity index (χ2n) is 4.27. The monoisotopic (exact) mass is 416 g/mol. The van der Waals surface area contributed by atoms with Crippen LogP contribution in [0.3, 0.4) is 0 Å². The highest BCUT2D eigenvalue weighted by molar-refractivity contribution is 9.10. The molecule has 0 atom stereocenters. The smallest absolute Gasteiger partial charge is 0.335 e. The fourth-order valence-corrected chi connectivity index (χ4v) is 3.55. The Labute approximate surface area is 146 Å². The number of rotatable bonds is 5. The van der Waals surface area contributed by atoms with E-state index < -0.39 is 16.1 Å². The Kier molecular flexibility index (Phi) is 5.57. The van der Waals surface area contributed by atoms with Gasteiger partial charge in [0.1, 0.15) is 4.90 Å². The van der Waals surface area contributed by atoms with Crippen molar-refractivity contribution in [2.75, 3.05) is 19.5 Å². The van der Waals surface area contributed by atoms with Gasteiger partial charge in [-0.05, 0) is 28.1 Å². The number of nitrogens with one attached hydrogen (secondary N) is 2. The molecule has 9 nitrogen and oxygen atoms in total. The van der Waals surface area contributed by atoms with E-state index in [1.165, 1.54) is 32.4 Å². The lowest BCUT2D eigenvalue weighted by Crippen LogP contribution is -2.35. The Bertz CT molecular complexity index is 837. The van der Waals surface area contributed by atoms with Crippen LogP contribution in [0.4, 0.5) is 10.7 Å². The number of aromatic nitrogens is 2. The number of hydrogen-bond donors (Lipinski definition) is 2. The van der Waals surface area contributed by atoms with Gasteiger partial charge in [-0.25, -0.2) is 17.9 Å². The van der Waals surface area contributed by atoms with Gasteiger partial charge in [0.25, 0.3) is 10.0 Å². The van der Waals surface area contributed by atoms with Crippen LogP contribution in [0.25, 0.3) is 0 Å². The highest BCUT2D eigenvalue weighted by atomic mass is 79.9. The van der Waals surface area contributed by atoms with Gasteiger partial charge in [0.2, 0.25) is 17.7 Å². The van der Waals surface area contributed by atoms with Crippen LogP contribution in [0.15, 0.2) is 39.7 Å². The fourth-order valence-electron chi connectivity index (χ4n) is 1.64. The summed E-state index contributed by atoms with van der Waals surface area (Å²) in [6, 6.07) is 6.46. The van der Waals surface area contributed by atoms with Crippen molar-refractivity contribution in [2.24, 2.45) is 0 Å². The molecule has 0 radical (unpaired) electrons. The van der Waals surface area contributed by atoms with E-state index in [1.54, 1.807) is 12.1 Å². The number of amides is 2. The second-order valence-corrected chi connectivity index (χ2v) is 6.77. The predicted molar refractivity (Wildman–Crippen MR) is 88.6 cm³/mol. The summed E-state index contributed by atoms with van der Waals surface area (Å²) in [5.74, 6) is 0.114. The van der Waals surface area contributed by atoms with E-state index in [1.807, 2.05) is 4.72 Å². The lowest BCUT2D eigenvalue weighted by Gasteiger charge is -2.10. The van der Waals surface area contributed by atoms with Crippen molar-refractivity contribution in [3.05, 3.63) is 34.8 Å². The van der Waals surface area contributed by atoms with Gasteiger partial charge in [-0.2, -0.15) is 9.97 Å². The second kappa shape index (κ2) is 7.45. The molecule has 0 saturated carbocycles. The number of nitrogens with zero attached hydrogens (tertiary/aromatic N) is 2. The van der Waals surface area contributed by atoms with E-state index in [9.17, 15) is 13.2 Å². The molecule has 0 aliphatic heterocycles. The number of carbonyl (C=O) groups excluding carboxylic acids is 1. The summed E-state index contributed by atoms with van der Waals surface area (Å²) in [7, 11) is -1.31. The maximum atomic E-state index is 12.2. The molecule has 0 bridgehead atoms. The first-order valence-electron chi connectivity index (χ1n) is 6.41. The van der Waals surface area contributed by atoms with E-state index in [4.69, 9.17) is 9.47 Å². The van der Waals surface area contributed by atoms with Gasteiger partial charge in [-0.3, -0.25) is 5.32 Å². The van der Waals surface area contributed by atoms with Gasteiger partial charge in [0, 0.05) is 4.47 Å². The molecule has 0 unspecified atom stereocenters. The Morgan fingerprint density at radius 1 is 1.12 bits per heavy atom. The largest absolute Gasteiger partial charge is 0.481 e. The van der Waals surface area contributed by atoms with Crippen molar-refractivity contribution in [2.45, 2.75) is 4.90 Å². The number of anilines is 1. The van der Waals surface area contributed by atoms with E-state index >= 15 is 0 Å². The number of benzene rings is 1. The molecule has 0 aliphatic rings. The van der Waals surface area contributed by atoms with Crippen molar-refractivity contribution in [3.63, 3.8) is 0 Å². The predicted octanol–water partition coefficient (Wildman–Crippen LogP) is 1.77. The molecule has 2 N–H and O–H groups in total. The zero-order valence-electron chi connectivity index (χ0n) is 12.6. The highest BCUT2D eigenvalue weighted by Crippen LogP contribution is 2.21. The molecule has 1 heterocycles. The fraction of sp³-hybridized carbons (Fsp3) is 0.154. The average molecular weight is 417 g/mol. The van der Waals surface area contributed by atoms with Crippen LogP contribution in [0.5, 0.6) is 11.8 Å². The topological polar surface area (TPSA) is 120 Å².